The van der Waals surface area contributed by atoms with Crippen molar-refractivity contribution in [2.75, 3.05) is 6.61 Å². The second-order valence-corrected chi connectivity index (χ2v) is 5.07. The van der Waals surface area contributed by atoms with Crippen LogP contribution in [-0.2, 0) is 4.79 Å². The summed E-state index contributed by atoms with van der Waals surface area (Å²) in [5, 5.41) is 22.5. The highest BCUT2D eigenvalue weighted by molar-refractivity contribution is 5.85. The molecular weight excluding hydrogens is 296 g/mol. The molecule has 0 unspecified atom stereocenters. The van der Waals surface area contributed by atoms with Gasteiger partial charge >= 0.3 is 0 Å². The van der Waals surface area contributed by atoms with Crippen molar-refractivity contribution in [2.45, 2.75) is 13.8 Å². The first-order chi connectivity index (χ1) is 11.0. The second kappa shape index (κ2) is 7.31. The molecule has 2 rings (SSSR count). The molecule has 6 heteroatoms. The third-order valence-corrected chi connectivity index (χ3v) is 3.26. The predicted molar refractivity (Wildman–Crippen MR) is 86.9 cm³/mol. The molecule has 2 aromatic carbocycles. The largest absolute Gasteiger partial charge is 0.508 e. The van der Waals surface area contributed by atoms with Gasteiger partial charge in [-0.15, -0.1) is 0 Å². The number of amides is 1. The summed E-state index contributed by atoms with van der Waals surface area (Å²) >= 11 is 0. The zero-order valence-electron chi connectivity index (χ0n) is 12.9. The summed E-state index contributed by atoms with van der Waals surface area (Å²) in [4.78, 5) is 11.6. The molecule has 0 aliphatic heterocycles. The van der Waals surface area contributed by atoms with E-state index in [9.17, 15) is 15.0 Å². The minimum atomic E-state index is -0.419. The molecule has 0 saturated carbocycles. The molecule has 3 N–H and O–H groups in total. The molecule has 0 saturated heterocycles. The highest BCUT2D eigenvalue weighted by atomic mass is 16.5. The normalized spacial score (nSPS) is 10.7. The van der Waals surface area contributed by atoms with Crippen LogP contribution in [0.3, 0.4) is 0 Å². The highest BCUT2D eigenvalue weighted by Gasteiger charge is 2.03. The van der Waals surface area contributed by atoms with Crippen LogP contribution in [0.2, 0.25) is 0 Å². The maximum atomic E-state index is 11.6. The summed E-state index contributed by atoms with van der Waals surface area (Å²) in [7, 11) is 0. The lowest BCUT2D eigenvalue weighted by atomic mass is 10.1. The summed E-state index contributed by atoms with van der Waals surface area (Å²) in [6.45, 7) is 3.80. The van der Waals surface area contributed by atoms with Crippen molar-refractivity contribution in [3.05, 3.63) is 53.1 Å². The molecule has 23 heavy (non-hydrogen) atoms. The Hall–Kier alpha value is -3.02. The fourth-order valence-electron chi connectivity index (χ4n) is 1.80. The summed E-state index contributed by atoms with van der Waals surface area (Å²) in [6.07, 6.45) is 1.28. The Bertz CT molecular complexity index is 741. The smallest absolute Gasteiger partial charge is 0.277 e. The van der Waals surface area contributed by atoms with Crippen molar-refractivity contribution in [2.24, 2.45) is 5.10 Å². The van der Waals surface area contributed by atoms with Gasteiger partial charge in [-0.3, -0.25) is 4.79 Å². The molecule has 0 atom stereocenters. The summed E-state index contributed by atoms with van der Waals surface area (Å²) in [6, 6.07) is 9.66. The molecule has 0 spiro atoms. The number of phenols is 2. The highest BCUT2D eigenvalue weighted by Crippen LogP contribution is 2.20. The monoisotopic (exact) mass is 314 g/mol. The van der Waals surface area contributed by atoms with Crippen molar-refractivity contribution in [1.82, 2.24) is 5.43 Å². The first-order valence-electron chi connectivity index (χ1n) is 6.99. The van der Waals surface area contributed by atoms with Gasteiger partial charge in [-0.05, 0) is 49.2 Å². The Morgan fingerprint density at radius 1 is 1.17 bits per heavy atom. The second-order valence-electron chi connectivity index (χ2n) is 5.07. The first kappa shape index (κ1) is 16.4. The number of benzene rings is 2. The fraction of sp³-hybridized carbons (Fsp3) is 0.176. The number of carbonyl (C=O) groups is 1. The Morgan fingerprint density at radius 2 is 1.96 bits per heavy atom. The Kier molecular flexibility index (Phi) is 5.19. The number of nitrogens with one attached hydrogen (secondary N) is 1. The van der Waals surface area contributed by atoms with E-state index < -0.39 is 5.91 Å². The number of rotatable bonds is 5. The Morgan fingerprint density at radius 3 is 2.65 bits per heavy atom. The summed E-state index contributed by atoms with van der Waals surface area (Å²) < 4.78 is 5.38. The van der Waals surface area contributed by atoms with Crippen molar-refractivity contribution < 1.29 is 19.7 Å². The zero-order chi connectivity index (χ0) is 16.8. The van der Waals surface area contributed by atoms with Gasteiger partial charge in [0.2, 0.25) is 0 Å². The van der Waals surface area contributed by atoms with E-state index in [0.717, 1.165) is 11.1 Å². The van der Waals surface area contributed by atoms with E-state index in [-0.39, 0.29) is 18.1 Å². The number of aryl methyl sites for hydroxylation is 2. The molecule has 0 aromatic heterocycles. The average molecular weight is 314 g/mol. The fourth-order valence-corrected chi connectivity index (χ4v) is 1.80. The van der Waals surface area contributed by atoms with E-state index in [4.69, 9.17) is 4.74 Å². The number of carbonyl (C=O) groups excluding carboxylic acids is 1. The third kappa shape index (κ3) is 4.74. The molecular formula is C17H18N2O4. The van der Waals surface area contributed by atoms with E-state index in [2.05, 4.69) is 10.5 Å². The summed E-state index contributed by atoms with van der Waals surface area (Å²) in [5.41, 5.74) is 4.91. The summed E-state index contributed by atoms with van der Waals surface area (Å²) in [5.74, 6) is 0.0148. The quantitative estimate of drug-likeness (QED) is 0.583. The van der Waals surface area contributed by atoms with Gasteiger partial charge < -0.3 is 14.9 Å². The molecule has 0 aliphatic carbocycles. The molecule has 120 valence electrons. The van der Waals surface area contributed by atoms with Gasteiger partial charge in [0.05, 0.1) is 6.21 Å². The van der Waals surface area contributed by atoms with Crippen LogP contribution in [0.25, 0.3) is 0 Å². The third-order valence-electron chi connectivity index (χ3n) is 3.26. The molecule has 0 heterocycles. The van der Waals surface area contributed by atoms with Crippen LogP contribution in [0.5, 0.6) is 17.2 Å². The molecule has 0 fully saturated rings. The molecule has 2 aromatic rings. The van der Waals surface area contributed by atoms with Crippen LogP contribution in [0.15, 0.2) is 41.5 Å². The van der Waals surface area contributed by atoms with Gasteiger partial charge in [0.1, 0.15) is 17.2 Å². The number of hydrogen-bond donors (Lipinski definition) is 3. The lowest BCUT2D eigenvalue weighted by Crippen LogP contribution is -2.24. The lowest BCUT2D eigenvalue weighted by Gasteiger charge is -2.07. The molecule has 0 radical (unpaired) electrons. The zero-order valence-corrected chi connectivity index (χ0v) is 12.9. The predicted octanol–water partition coefficient (Wildman–Crippen LogP) is 2.24. The van der Waals surface area contributed by atoms with Gasteiger partial charge in [-0.1, -0.05) is 6.07 Å². The number of hydrazone groups is 1. The topological polar surface area (TPSA) is 91.2 Å². The van der Waals surface area contributed by atoms with Gasteiger partial charge in [-0.2, -0.15) is 5.10 Å². The number of phenolic OH excluding ortho intramolecular Hbond substituents is 2. The maximum Gasteiger partial charge on any atom is 0.277 e. The van der Waals surface area contributed by atoms with Crippen LogP contribution in [-0.4, -0.2) is 28.9 Å². The van der Waals surface area contributed by atoms with Crippen molar-refractivity contribution in [1.29, 1.82) is 0 Å². The van der Waals surface area contributed by atoms with Crippen LogP contribution < -0.4 is 10.2 Å². The first-order valence-corrected chi connectivity index (χ1v) is 6.99. The van der Waals surface area contributed by atoms with Crippen LogP contribution in [0.4, 0.5) is 0 Å². The maximum absolute atomic E-state index is 11.6. The van der Waals surface area contributed by atoms with Crippen molar-refractivity contribution in [3.8, 4) is 17.2 Å². The van der Waals surface area contributed by atoms with Crippen LogP contribution in [0, 0.1) is 13.8 Å². The van der Waals surface area contributed by atoms with E-state index in [1.54, 1.807) is 6.07 Å². The SMILES string of the molecule is Cc1ccc(OCC(=O)N/N=C/c2ccc(O)cc2O)cc1C. The Labute approximate surface area is 134 Å². The minimum Gasteiger partial charge on any atom is -0.508 e. The Balaban J connectivity index is 1.85. The lowest BCUT2D eigenvalue weighted by molar-refractivity contribution is -0.123. The van der Waals surface area contributed by atoms with Gasteiger partial charge in [0.15, 0.2) is 6.61 Å². The van der Waals surface area contributed by atoms with Crippen molar-refractivity contribution in [3.63, 3.8) is 0 Å². The number of ether oxygens (including phenoxy) is 1. The molecule has 6 nitrogen and oxygen atoms in total. The van der Waals surface area contributed by atoms with Crippen LogP contribution >= 0.6 is 0 Å². The number of hydrogen-bond acceptors (Lipinski definition) is 5. The van der Waals surface area contributed by atoms with Crippen molar-refractivity contribution >= 4 is 12.1 Å². The van der Waals surface area contributed by atoms with Gasteiger partial charge in [-0.25, -0.2) is 5.43 Å². The van der Waals surface area contributed by atoms with Crippen LogP contribution in [0.1, 0.15) is 16.7 Å². The number of nitrogens with zero attached hydrogens (tertiary/aromatic N) is 1. The van der Waals surface area contributed by atoms with Gasteiger partial charge in [0.25, 0.3) is 5.91 Å². The van der Waals surface area contributed by atoms with E-state index in [0.29, 0.717) is 11.3 Å². The molecule has 1 amide bonds. The van der Waals surface area contributed by atoms with E-state index in [1.807, 2.05) is 26.0 Å². The van der Waals surface area contributed by atoms with Gasteiger partial charge in [0, 0.05) is 11.6 Å². The average Bonchev–Trinajstić information content (AvgIpc) is 2.50. The minimum absolute atomic E-state index is 0.0505. The number of aromatic hydroxyl groups is 2. The molecule has 0 aliphatic rings. The standard InChI is InChI=1S/C17H18N2O4/c1-11-3-6-15(7-12(11)2)23-10-17(22)19-18-9-13-4-5-14(20)8-16(13)21/h3-9,20-21H,10H2,1-2H3,(H,19,22)/b18-9+. The van der Waals surface area contributed by atoms with E-state index in [1.165, 1.54) is 24.4 Å². The van der Waals surface area contributed by atoms with E-state index >= 15 is 0 Å². The molecule has 0 bridgehead atoms.